The van der Waals surface area contributed by atoms with Gasteiger partial charge in [0.05, 0.1) is 6.61 Å². The lowest BCUT2D eigenvalue weighted by atomic mass is 10.2. The van der Waals surface area contributed by atoms with Crippen LogP contribution in [0.3, 0.4) is 0 Å². The van der Waals surface area contributed by atoms with E-state index in [9.17, 15) is 14.3 Å². The summed E-state index contributed by atoms with van der Waals surface area (Å²) >= 11 is 0. The van der Waals surface area contributed by atoms with Crippen molar-refractivity contribution >= 4 is 5.91 Å². The number of carbonyl (C=O) groups is 1. The van der Waals surface area contributed by atoms with Crippen LogP contribution in [-0.2, 0) is 9.53 Å². The molecule has 21 heavy (non-hydrogen) atoms. The fourth-order valence-corrected chi connectivity index (χ4v) is 1.85. The zero-order valence-electron chi connectivity index (χ0n) is 11.5. The SMILES string of the molecule is O=C(NCC(O)COc1ccc(F)cc1)C1CNCCO1. The first kappa shape index (κ1) is 15.7. The molecule has 0 radical (unpaired) electrons. The topological polar surface area (TPSA) is 79.8 Å². The maximum atomic E-state index is 12.7. The third-order valence-electron chi connectivity index (χ3n) is 2.99. The van der Waals surface area contributed by atoms with Gasteiger partial charge in [0.1, 0.15) is 30.4 Å². The molecule has 2 unspecified atom stereocenters. The Labute approximate surface area is 122 Å². The summed E-state index contributed by atoms with van der Waals surface area (Å²) < 4.78 is 23.3. The molecule has 2 atom stereocenters. The first-order valence-electron chi connectivity index (χ1n) is 6.81. The molecule has 0 spiro atoms. The number of aliphatic hydroxyl groups is 1. The summed E-state index contributed by atoms with van der Waals surface area (Å²) in [5, 5.41) is 15.4. The lowest BCUT2D eigenvalue weighted by Gasteiger charge is -2.23. The molecule has 0 bridgehead atoms. The molecule has 1 aromatic carbocycles. The number of ether oxygens (including phenoxy) is 2. The number of hydrogen-bond donors (Lipinski definition) is 3. The van der Waals surface area contributed by atoms with Gasteiger partial charge in [-0.05, 0) is 24.3 Å². The number of morpholine rings is 1. The highest BCUT2D eigenvalue weighted by Gasteiger charge is 2.21. The molecule has 0 aliphatic carbocycles. The number of halogens is 1. The molecule has 1 aliphatic heterocycles. The summed E-state index contributed by atoms with van der Waals surface area (Å²) in [6.45, 7) is 1.77. The molecule has 1 aliphatic rings. The van der Waals surface area contributed by atoms with Crippen LogP contribution in [0.2, 0.25) is 0 Å². The Kier molecular flexibility index (Phi) is 5.91. The van der Waals surface area contributed by atoms with Crippen LogP contribution in [0.5, 0.6) is 5.75 Å². The Morgan fingerprint density at radius 2 is 2.29 bits per heavy atom. The lowest BCUT2D eigenvalue weighted by molar-refractivity contribution is -0.134. The smallest absolute Gasteiger partial charge is 0.250 e. The zero-order chi connectivity index (χ0) is 15.1. The number of nitrogens with one attached hydrogen (secondary N) is 2. The van der Waals surface area contributed by atoms with Crippen molar-refractivity contribution in [2.75, 3.05) is 32.8 Å². The number of aliphatic hydroxyl groups excluding tert-OH is 1. The van der Waals surface area contributed by atoms with Gasteiger partial charge >= 0.3 is 0 Å². The molecule has 1 heterocycles. The van der Waals surface area contributed by atoms with Crippen molar-refractivity contribution in [2.24, 2.45) is 0 Å². The first-order chi connectivity index (χ1) is 10.1. The average molecular weight is 298 g/mol. The monoisotopic (exact) mass is 298 g/mol. The molecular weight excluding hydrogens is 279 g/mol. The van der Waals surface area contributed by atoms with Crippen molar-refractivity contribution in [2.45, 2.75) is 12.2 Å². The molecule has 0 aromatic heterocycles. The summed E-state index contributed by atoms with van der Waals surface area (Å²) in [6, 6.07) is 5.50. The third kappa shape index (κ3) is 5.30. The van der Waals surface area contributed by atoms with Crippen molar-refractivity contribution in [3.05, 3.63) is 30.1 Å². The Balaban J connectivity index is 1.65. The Morgan fingerprint density at radius 1 is 1.52 bits per heavy atom. The lowest BCUT2D eigenvalue weighted by Crippen LogP contribution is -2.49. The van der Waals surface area contributed by atoms with Gasteiger partial charge in [0.25, 0.3) is 5.91 Å². The van der Waals surface area contributed by atoms with Crippen molar-refractivity contribution in [1.29, 1.82) is 0 Å². The van der Waals surface area contributed by atoms with E-state index in [0.29, 0.717) is 18.9 Å². The highest BCUT2D eigenvalue weighted by Crippen LogP contribution is 2.11. The zero-order valence-corrected chi connectivity index (χ0v) is 11.5. The van der Waals surface area contributed by atoms with Gasteiger partial charge in [-0.25, -0.2) is 4.39 Å². The Bertz CT molecular complexity index is 449. The number of amides is 1. The van der Waals surface area contributed by atoms with Crippen molar-refractivity contribution in [3.63, 3.8) is 0 Å². The van der Waals surface area contributed by atoms with Crippen LogP contribution in [-0.4, -0.2) is 56.1 Å². The number of benzene rings is 1. The van der Waals surface area contributed by atoms with Crippen molar-refractivity contribution < 1.29 is 23.8 Å². The summed E-state index contributed by atoms with van der Waals surface area (Å²) in [7, 11) is 0. The average Bonchev–Trinajstić information content (AvgIpc) is 2.53. The van der Waals surface area contributed by atoms with Crippen LogP contribution in [0.4, 0.5) is 4.39 Å². The molecule has 2 rings (SSSR count). The second-order valence-electron chi connectivity index (χ2n) is 4.73. The minimum Gasteiger partial charge on any atom is -0.491 e. The van der Waals surface area contributed by atoms with Gasteiger partial charge in [0.15, 0.2) is 0 Å². The van der Waals surface area contributed by atoms with Gasteiger partial charge in [-0.3, -0.25) is 4.79 Å². The predicted octanol–water partition coefficient (Wildman–Crippen LogP) is -0.330. The fraction of sp³-hybridized carbons (Fsp3) is 0.500. The van der Waals surface area contributed by atoms with E-state index in [1.165, 1.54) is 24.3 Å². The van der Waals surface area contributed by atoms with Crippen LogP contribution >= 0.6 is 0 Å². The molecule has 1 amide bonds. The fourth-order valence-electron chi connectivity index (χ4n) is 1.85. The third-order valence-corrected chi connectivity index (χ3v) is 2.99. The minimum atomic E-state index is -0.851. The van der Waals surface area contributed by atoms with E-state index in [1.54, 1.807) is 0 Å². The molecule has 7 heteroatoms. The predicted molar refractivity (Wildman–Crippen MR) is 73.5 cm³/mol. The molecule has 1 saturated heterocycles. The molecule has 6 nitrogen and oxygen atoms in total. The molecular formula is C14H19FN2O4. The minimum absolute atomic E-state index is 0.00961. The van der Waals surface area contributed by atoms with Gasteiger partial charge in [0.2, 0.25) is 0 Å². The molecule has 3 N–H and O–H groups in total. The highest BCUT2D eigenvalue weighted by atomic mass is 19.1. The number of carbonyl (C=O) groups excluding carboxylic acids is 1. The van der Waals surface area contributed by atoms with Gasteiger partial charge < -0.3 is 25.2 Å². The normalized spacial score (nSPS) is 19.8. The summed E-state index contributed by atoms with van der Waals surface area (Å²) in [4.78, 5) is 11.7. The van der Waals surface area contributed by atoms with Crippen LogP contribution in [0, 0.1) is 5.82 Å². The van der Waals surface area contributed by atoms with E-state index >= 15 is 0 Å². The number of rotatable bonds is 6. The number of hydrogen-bond acceptors (Lipinski definition) is 5. The van der Waals surface area contributed by atoms with E-state index in [4.69, 9.17) is 9.47 Å². The first-order valence-corrected chi connectivity index (χ1v) is 6.81. The Morgan fingerprint density at radius 3 is 2.95 bits per heavy atom. The van der Waals surface area contributed by atoms with Crippen LogP contribution in [0.15, 0.2) is 24.3 Å². The van der Waals surface area contributed by atoms with Crippen molar-refractivity contribution in [1.82, 2.24) is 10.6 Å². The summed E-state index contributed by atoms with van der Waals surface area (Å²) in [5.74, 6) is -0.152. The molecule has 116 valence electrons. The highest BCUT2D eigenvalue weighted by molar-refractivity contribution is 5.81. The van der Waals surface area contributed by atoms with Crippen molar-refractivity contribution in [3.8, 4) is 5.75 Å². The van der Waals surface area contributed by atoms with Crippen LogP contribution in [0.1, 0.15) is 0 Å². The van der Waals surface area contributed by atoms with Crippen LogP contribution < -0.4 is 15.4 Å². The van der Waals surface area contributed by atoms with Crippen LogP contribution in [0.25, 0.3) is 0 Å². The van der Waals surface area contributed by atoms with Gasteiger partial charge in [0, 0.05) is 19.6 Å². The largest absolute Gasteiger partial charge is 0.491 e. The molecule has 0 saturated carbocycles. The second kappa shape index (κ2) is 7.92. The molecule has 1 aromatic rings. The van der Waals surface area contributed by atoms with E-state index in [-0.39, 0.29) is 24.9 Å². The maximum absolute atomic E-state index is 12.7. The summed E-state index contributed by atoms with van der Waals surface area (Å²) in [6.07, 6.45) is -1.38. The second-order valence-corrected chi connectivity index (χ2v) is 4.73. The van der Waals surface area contributed by atoms with E-state index in [1.807, 2.05) is 0 Å². The van der Waals surface area contributed by atoms with E-state index in [2.05, 4.69) is 10.6 Å². The van der Waals surface area contributed by atoms with Gasteiger partial charge in [-0.15, -0.1) is 0 Å². The van der Waals surface area contributed by atoms with Gasteiger partial charge in [-0.1, -0.05) is 0 Å². The summed E-state index contributed by atoms with van der Waals surface area (Å²) in [5.41, 5.74) is 0. The Hall–Kier alpha value is -1.70. The standard InChI is InChI=1S/C14H19FN2O4/c15-10-1-3-12(4-2-10)21-9-11(18)7-17-14(19)13-8-16-5-6-20-13/h1-4,11,13,16,18H,5-9H2,(H,17,19). The van der Waals surface area contributed by atoms with Gasteiger partial charge in [-0.2, -0.15) is 0 Å². The maximum Gasteiger partial charge on any atom is 0.250 e. The molecule has 1 fully saturated rings. The van der Waals surface area contributed by atoms with E-state index in [0.717, 1.165) is 6.54 Å². The quantitative estimate of drug-likeness (QED) is 0.670. The van der Waals surface area contributed by atoms with E-state index < -0.39 is 12.2 Å².